The molecular weight excluding hydrogens is 424 g/mol. The van der Waals surface area contributed by atoms with Crippen LogP contribution >= 0.6 is 0 Å². The fourth-order valence-corrected chi connectivity index (χ4v) is 2.40. The van der Waals surface area contributed by atoms with Crippen LogP contribution in [0.25, 0.3) is 0 Å². The van der Waals surface area contributed by atoms with Crippen molar-refractivity contribution in [1.29, 1.82) is 0 Å². The normalized spacial score (nSPS) is 10.1. The zero-order chi connectivity index (χ0) is 23.5. The van der Waals surface area contributed by atoms with Crippen LogP contribution in [0.2, 0.25) is 0 Å². The van der Waals surface area contributed by atoms with Gasteiger partial charge < -0.3 is 30.1 Å². The van der Waals surface area contributed by atoms with Gasteiger partial charge in [-0.25, -0.2) is 0 Å². The Hall–Kier alpha value is -4.22. The lowest BCUT2D eigenvalue weighted by atomic mass is 10.2. The third kappa shape index (κ3) is 7.89. The maximum Gasteiger partial charge on any atom is 0.302 e. The lowest BCUT2D eigenvalue weighted by Gasteiger charge is -2.18. The number of carbonyl (C=O) groups excluding carboxylic acids is 2. The number of ether oxygens (including phenoxy) is 4. The number of nitro groups is 1. The van der Waals surface area contributed by atoms with Crippen LogP contribution in [-0.4, -0.2) is 43.3 Å². The standard InChI is InChI=1S/C20H24N4O8/c1-13(25)29-7-9-31-19-12-18(20(11-17(19)21)32-10-8-30-14(2)26)23-22-15-3-5-16(6-4-15)24(27)28/h3-6,11-12,22-23H,7-10,21H2,1-2H3. The molecule has 0 atom stereocenters. The van der Waals surface area contributed by atoms with Gasteiger partial charge in [-0.1, -0.05) is 0 Å². The van der Waals surface area contributed by atoms with Crippen molar-refractivity contribution < 1.29 is 33.5 Å². The molecule has 0 aliphatic rings. The molecule has 0 heterocycles. The number of nitrogen functional groups attached to an aromatic ring is 1. The summed E-state index contributed by atoms with van der Waals surface area (Å²) in [7, 11) is 0. The van der Waals surface area contributed by atoms with E-state index in [2.05, 4.69) is 10.9 Å². The smallest absolute Gasteiger partial charge is 0.302 e. The second kappa shape index (κ2) is 11.8. The number of nitrogens with one attached hydrogen (secondary N) is 2. The highest BCUT2D eigenvalue weighted by atomic mass is 16.6. The number of esters is 2. The minimum atomic E-state index is -0.494. The molecule has 0 saturated carbocycles. The minimum absolute atomic E-state index is 0.0407. The molecule has 0 saturated heterocycles. The molecule has 0 radical (unpaired) electrons. The maximum atomic E-state index is 10.9. The maximum absolute atomic E-state index is 10.9. The molecule has 172 valence electrons. The summed E-state index contributed by atoms with van der Waals surface area (Å²) >= 11 is 0. The number of nitrogens with two attached hydrogens (primary N) is 1. The first-order chi connectivity index (χ1) is 15.3. The highest BCUT2D eigenvalue weighted by Crippen LogP contribution is 2.35. The molecular formula is C20H24N4O8. The third-order valence-electron chi connectivity index (χ3n) is 3.82. The summed E-state index contributed by atoms with van der Waals surface area (Å²) in [6.45, 7) is 2.86. The van der Waals surface area contributed by atoms with Crippen LogP contribution in [0.5, 0.6) is 11.5 Å². The van der Waals surface area contributed by atoms with E-state index in [1.165, 1.54) is 44.2 Å². The molecule has 0 bridgehead atoms. The number of hydrogen-bond acceptors (Lipinski definition) is 11. The second-order valence-electron chi connectivity index (χ2n) is 6.32. The van der Waals surface area contributed by atoms with Gasteiger partial charge in [0.05, 0.1) is 22.0 Å². The molecule has 0 spiro atoms. The van der Waals surface area contributed by atoms with Crippen molar-refractivity contribution in [2.45, 2.75) is 13.8 Å². The first-order valence-corrected chi connectivity index (χ1v) is 9.48. The number of benzene rings is 2. The predicted octanol–water partition coefficient (Wildman–Crippen LogP) is 2.50. The minimum Gasteiger partial charge on any atom is -0.488 e. The molecule has 0 fully saturated rings. The van der Waals surface area contributed by atoms with E-state index < -0.39 is 16.9 Å². The monoisotopic (exact) mass is 448 g/mol. The van der Waals surface area contributed by atoms with E-state index in [0.717, 1.165) is 0 Å². The number of rotatable bonds is 12. The second-order valence-corrected chi connectivity index (χ2v) is 6.32. The van der Waals surface area contributed by atoms with Gasteiger partial charge in [0, 0.05) is 38.1 Å². The van der Waals surface area contributed by atoms with E-state index in [-0.39, 0.29) is 37.8 Å². The number of nitro benzene ring substituents is 1. The average Bonchev–Trinajstić information content (AvgIpc) is 2.74. The van der Waals surface area contributed by atoms with Gasteiger partial charge in [0.15, 0.2) is 0 Å². The van der Waals surface area contributed by atoms with Gasteiger partial charge in [0.25, 0.3) is 5.69 Å². The van der Waals surface area contributed by atoms with Gasteiger partial charge in [-0.3, -0.25) is 25.1 Å². The Morgan fingerprint density at radius 3 is 2.00 bits per heavy atom. The molecule has 32 heavy (non-hydrogen) atoms. The molecule has 2 aromatic carbocycles. The Balaban J connectivity index is 2.12. The lowest BCUT2D eigenvalue weighted by molar-refractivity contribution is -0.384. The molecule has 0 aromatic heterocycles. The Morgan fingerprint density at radius 2 is 1.47 bits per heavy atom. The molecule has 0 aliphatic carbocycles. The first-order valence-electron chi connectivity index (χ1n) is 9.48. The summed E-state index contributed by atoms with van der Waals surface area (Å²) in [5.74, 6) is -0.190. The summed E-state index contributed by atoms with van der Waals surface area (Å²) < 4.78 is 20.9. The number of hydrogen-bond donors (Lipinski definition) is 3. The number of carbonyl (C=O) groups is 2. The average molecular weight is 448 g/mol. The van der Waals surface area contributed by atoms with Crippen molar-refractivity contribution in [2.75, 3.05) is 43.0 Å². The number of anilines is 3. The fourth-order valence-electron chi connectivity index (χ4n) is 2.40. The molecule has 2 rings (SSSR count). The zero-order valence-electron chi connectivity index (χ0n) is 17.6. The van der Waals surface area contributed by atoms with Gasteiger partial charge in [0.1, 0.15) is 37.9 Å². The Morgan fingerprint density at radius 1 is 0.906 bits per heavy atom. The van der Waals surface area contributed by atoms with Crippen molar-refractivity contribution >= 4 is 34.7 Å². The SMILES string of the molecule is CC(=O)OCCOc1cc(NNc2ccc([N+](=O)[O-])cc2)c(OCCOC(C)=O)cc1N. The van der Waals surface area contributed by atoms with Gasteiger partial charge in [0.2, 0.25) is 0 Å². The quantitative estimate of drug-likeness (QED) is 0.144. The predicted molar refractivity (Wildman–Crippen MR) is 115 cm³/mol. The van der Waals surface area contributed by atoms with Gasteiger partial charge >= 0.3 is 11.9 Å². The van der Waals surface area contributed by atoms with Crippen molar-refractivity contribution in [3.05, 3.63) is 46.5 Å². The Bertz CT molecular complexity index is 949. The molecule has 2 aromatic rings. The topological polar surface area (TPSA) is 164 Å². The summed E-state index contributed by atoms with van der Waals surface area (Å²) in [4.78, 5) is 32.1. The van der Waals surface area contributed by atoms with Crippen molar-refractivity contribution in [1.82, 2.24) is 0 Å². The number of nitrogens with zero attached hydrogens (tertiary/aromatic N) is 1. The van der Waals surface area contributed by atoms with Crippen LogP contribution in [0.3, 0.4) is 0 Å². The molecule has 12 nitrogen and oxygen atoms in total. The van der Waals surface area contributed by atoms with Crippen LogP contribution in [0, 0.1) is 10.1 Å². The zero-order valence-corrected chi connectivity index (χ0v) is 17.6. The van der Waals surface area contributed by atoms with Gasteiger partial charge in [-0.05, 0) is 12.1 Å². The Labute approximate surface area is 183 Å². The van der Waals surface area contributed by atoms with Crippen molar-refractivity contribution in [3.63, 3.8) is 0 Å². The third-order valence-corrected chi connectivity index (χ3v) is 3.82. The van der Waals surface area contributed by atoms with Crippen LogP contribution < -0.4 is 26.1 Å². The first kappa shape index (κ1) is 24.1. The molecule has 0 amide bonds. The highest BCUT2D eigenvalue weighted by molar-refractivity contribution is 5.71. The summed E-state index contributed by atoms with van der Waals surface area (Å²) in [6, 6.07) is 8.86. The molecule has 0 unspecified atom stereocenters. The van der Waals surface area contributed by atoms with E-state index in [4.69, 9.17) is 24.7 Å². The summed E-state index contributed by atoms with van der Waals surface area (Å²) in [5.41, 5.74) is 13.1. The summed E-state index contributed by atoms with van der Waals surface area (Å²) in [5, 5.41) is 10.8. The summed E-state index contributed by atoms with van der Waals surface area (Å²) in [6.07, 6.45) is 0. The van der Waals surface area contributed by atoms with Crippen LogP contribution in [0.15, 0.2) is 36.4 Å². The number of non-ortho nitro benzene ring substituents is 1. The van der Waals surface area contributed by atoms with E-state index >= 15 is 0 Å². The number of hydrazine groups is 1. The lowest BCUT2D eigenvalue weighted by Crippen LogP contribution is -2.14. The van der Waals surface area contributed by atoms with Crippen molar-refractivity contribution in [2.24, 2.45) is 0 Å². The highest BCUT2D eigenvalue weighted by Gasteiger charge is 2.12. The van der Waals surface area contributed by atoms with Gasteiger partial charge in [-0.2, -0.15) is 0 Å². The van der Waals surface area contributed by atoms with E-state index in [0.29, 0.717) is 22.9 Å². The van der Waals surface area contributed by atoms with Crippen LogP contribution in [0.1, 0.15) is 13.8 Å². The van der Waals surface area contributed by atoms with E-state index in [1.54, 1.807) is 6.07 Å². The Kier molecular flexibility index (Phi) is 8.90. The van der Waals surface area contributed by atoms with E-state index in [1.807, 2.05) is 0 Å². The van der Waals surface area contributed by atoms with Crippen LogP contribution in [-0.2, 0) is 19.1 Å². The molecule has 0 aliphatic heterocycles. The van der Waals surface area contributed by atoms with E-state index in [9.17, 15) is 19.7 Å². The van der Waals surface area contributed by atoms with Crippen LogP contribution in [0.4, 0.5) is 22.7 Å². The van der Waals surface area contributed by atoms with Gasteiger partial charge in [-0.15, -0.1) is 0 Å². The molecule has 4 N–H and O–H groups in total. The largest absolute Gasteiger partial charge is 0.488 e. The molecule has 12 heteroatoms. The van der Waals surface area contributed by atoms with Crippen molar-refractivity contribution in [3.8, 4) is 11.5 Å². The fraction of sp³-hybridized carbons (Fsp3) is 0.300.